The van der Waals surface area contributed by atoms with E-state index in [4.69, 9.17) is 9.47 Å². The van der Waals surface area contributed by atoms with Crippen LogP contribution >= 0.6 is 11.8 Å². The van der Waals surface area contributed by atoms with Crippen LogP contribution in [0.4, 0.5) is 0 Å². The van der Waals surface area contributed by atoms with Gasteiger partial charge in [-0.2, -0.15) is 5.10 Å². The van der Waals surface area contributed by atoms with Crippen molar-refractivity contribution in [2.45, 2.75) is 17.0 Å². The first-order valence-electron chi connectivity index (χ1n) is 10.5. The summed E-state index contributed by atoms with van der Waals surface area (Å²) in [6, 6.07) is 15.8. The van der Waals surface area contributed by atoms with E-state index in [1.54, 1.807) is 18.9 Å². The lowest BCUT2D eigenvalue weighted by Gasteiger charge is -2.35. The van der Waals surface area contributed by atoms with E-state index in [9.17, 15) is 4.79 Å². The molecule has 8 nitrogen and oxygen atoms in total. The van der Waals surface area contributed by atoms with E-state index in [0.717, 1.165) is 40.9 Å². The summed E-state index contributed by atoms with van der Waals surface area (Å²) in [4.78, 5) is 19.3. The fraction of sp³-hybridized carbons (Fsp3) is 0.348. The number of thioether (sulfide) groups is 1. The van der Waals surface area contributed by atoms with Crippen LogP contribution < -0.4 is 10.1 Å². The fourth-order valence-corrected chi connectivity index (χ4v) is 4.37. The van der Waals surface area contributed by atoms with Crippen molar-refractivity contribution < 1.29 is 14.3 Å². The first kappa shape index (κ1) is 22.3. The molecule has 1 saturated heterocycles. The molecule has 1 atom stereocenters. The van der Waals surface area contributed by atoms with Crippen LogP contribution in [-0.2, 0) is 10.5 Å². The summed E-state index contributed by atoms with van der Waals surface area (Å²) >= 11 is 1.57. The fourth-order valence-electron chi connectivity index (χ4n) is 3.63. The molecule has 0 saturated carbocycles. The second-order valence-corrected chi connectivity index (χ2v) is 8.39. The quantitative estimate of drug-likeness (QED) is 0.481. The Morgan fingerprint density at radius 3 is 2.59 bits per heavy atom. The summed E-state index contributed by atoms with van der Waals surface area (Å²) in [7, 11) is 1.66. The van der Waals surface area contributed by atoms with Crippen LogP contribution in [-0.4, -0.2) is 65.9 Å². The maximum absolute atomic E-state index is 12.8. The maximum Gasteiger partial charge on any atom is 0.251 e. The van der Waals surface area contributed by atoms with Gasteiger partial charge < -0.3 is 14.8 Å². The number of aromatic amines is 1. The molecular weight excluding hydrogens is 426 g/mol. The number of benzene rings is 2. The van der Waals surface area contributed by atoms with E-state index >= 15 is 0 Å². The number of H-pyrrole nitrogens is 1. The van der Waals surface area contributed by atoms with Gasteiger partial charge in [0, 0.05) is 31.0 Å². The molecule has 1 amide bonds. The van der Waals surface area contributed by atoms with Gasteiger partial charge in [-0.15, -0.1) is 0 Å². The molecule has 0 radical (unpaired) electrons. The van der Waals surface area contributed by atoms with Crippen molar-refractivity contribution in [1.82, 2.24) is 25.4 Å². The monoisotopic (exact) mass is 453 g/mol. The lowest BCUT2D eigenvalue weighted by Crippen LogP contribution is -2.43. The summed E-state index contributed by atoms with van der Waals surface area (Å²) in [6.45, 7) is 3.60. The van der Waals surface area contributed by atoms with E-state index in [0.29, 0.717) is 25.3 Å². The average Bonchev–Trinajstić information content (AvgIpc) is 3.38. The van der Waals surface area contributed by atoms with Crippen LogP contribution in [0.1, 0.15) is 27.5 Å². The summed E-state index contributed by atoms with van der Waals surface area (Å²) in [5.41, 5.74) is 2.91. The number of nitrogens with one attached hydrogen (secondary N) is 2. The van der Waals surface area contributed by atoms with Gasteiger partial charge in [0.15, 0.2) is 5.16 Å². The predicted molar refractivity (Wildman–Crippen MR) is 123 cm³/mol. The Hall–Kier alpha value is -2.88. The second-order valence-electron chi connectivity index (χ2n) is 7.42. The van der Waals surface area contributed by atoms with Crippen molar-refractivity contribution in [2.24, 2.45) is 0 Å². The van der Waals surface area contributed by atoms with Gasteiger partial charge in [-0.3, -0.25) is 14.8 Å². The van der Waals surface area contributed by atoms with Gasteiger partial charge in [-0.05, 0) is 35.4 Å². The molecule has 0 bridgehead atoms. The van der Waals surface area contributed by atoms with Crippen molar-refractivity contribution in [1.29, 1.82) is 0 Å². The minimum atomic E-state index is -0.0776. The normalized spacial score (nSPS) is 15.3. The van der Waals surface area contributed by atoms with Crippen molar-refractivity contribution in [3.63, 3.8) is 0 Å². The molecular formula is C23H27N5O3S. The highest BCUT2D eigenvalue weighted by molar-refractivity contribution is 7.98. The van der Waals surface area contributed by atoms with E-state index in [1.807, 2.05) is 36.4 Å². The number of hydrogen-bond acceptors (Lipinski definition) is 7. The summed E-state index contributed by atoms with van der Waals surface area (Å²) in [5.74, 6) is 1.50. The number of amides is 1. The second kappa shape index (κ2) is 11.1. The molecule has 1 unspecified atom stereocenters. The number of nitrogens with zero attached hydrogens (tertiary/aromatic N) is 3. The Labute approximate surface area is 191 Å². The standard InChI is InChI=1S/C23H27N5O3S/c1-30-20-8-6-18(7-9-20)21(28-10-12-31-13-11-28)14-24-22(29)19-4-2-17(3-5-19)15-32-23-25-16-26-27-23/h2-9,16,21H,10-15H2,1H3,(H,24,29)(H,25,26,27). The molecule has 0 spiro atoms. The predicted octanol–water partition coefficient (Wildman–Crippen LogP) is 2.91. The highest BCUT2D eigenvalue weighted by atomic mass is 32.2. The molecule has 2 aromatic carbocycles. The molecule has 32 heavy (non-hydrogen) atoms. The van der Waals surface area contributed by atoms with E-state index in [1.165, 1.54) is 6.33 Å². The number of carbonyl (C=O) groups excluding carboxylic acids is 1. The number of methoxy groups -OCH3 is 1. The highest BCUT2D eigenvalue weighted by Gasteiger charge is 2.23. The topological polar surface area (TPSA) is 92.4 Å². The lowest BCUT2D eigenvalue weighted by molar-refractivity contribution is 0.0162. The minimum absolute atomic E-state index is 0.0753. The smallest absolute Gasteiger partial charge is 0.251 e. The first-order chi connectivity index (χ1) is 15.7. The Bertz CT molecular complexity index is 974. The zero-order valence-corrected chi connectivity index (χ0v) is 18.8. The minimum Gasteiger partial charge on any atom is -0.497 e. The molecule has 3 aromatic rings. The van der Waals surface area contributed by atoms with Crippen molar-refractivity contribution in [3.8, 4) is 5.75 Å². The average molecular weight is 454 g/mol. The van der Waals surface area contributed by atoms with Crippen LogP contribution in [0.3, 0.4) is 0 Å². The van der Waals surface area contributed by atoms with E-state index < -0.39 is 0 Å². The van der Waals surface area contributed by atoms with Gasteiger partial charge in [0.25, 0.3) is 5.91 Å². The molecule has 2 heterocycles. The first-order valence-corrected chi connectivity index (χ1v) is 11.5. The Kier molecular flexibility index (Phi) is 7.76. The van der Waals surface area contributed by atoms with Crippen LogP contribution in [0.2, 0.25) is 0 Å². The van der Waals surface area contributed by atoms with Crippen LogP contribution in [0.5, 0.6) is 5.75 Å². The molecule has 1 aliphatic heterocycles. The lowest BCUT2D eigenvalue weighted by atomic mass is 10.0. The van der Waals surface area contributed by atoms with Crippen LogP contribution in [0, 0.1) is 0 Å². The molecule has 9 heteroatoms. The van der Waals surface area contributed by atoms with Crippen molar-refractivity contribution in [2.75, 3.05) is 40.0 Å². The largest absolute Gasteiger partial charge is 0.497 e. The van der Waals surface area contributed by atoms with Gasteiger partial charge in [0.2, 0.25) is 0 Å². The van der Waals surface area contributed by atoms with Gasteiger partial charge in [-0.1, -0.05) is 36.0 Å². The summed E-state index contributed by atoms with van der Waals surface area (Å²) < 4.78 is 10.8. The van der Waals surface area contributed by atoms with Crippen LogP contribution in [0.15, 0.2) is 60.0 Å². The maximum atomic E-state index is 12.8. The van der Waals surface area contributed by atoms with Crippen LogP contribution in [0.25, 0.3) is 0 Å². The molecule has 1 fully saturated rings. The number of rotatable bonds is 9. The Balaban J connectivity index is 1.37. The third-order valence-corrected chi connectivity index (χ3v) is 6.38. The number of morpholine rings is 1. The molecule has 1 aromatic heterocycles. The van der Waals surface area contributed by atoms with Gasteiger partial charge in [-0.25, -0.2) is 4.98 Å². The molecule has 168 valence electrons. The van der Waals surface area contributed by atoms with E-state index in [-0.39, 0.29) is 11.9 Å². The molecule has 0 aliphatic carbocycles. The zero-order valence-electron chi connectivity index (χ0n) is 18.0. The number of ether oxygens (including phenoxy) is 2. The third-order valence-electron chi connectivity index (χ3n) is 5.43. The van der Waals surface area contributed by atoms with Crippen molar-refractivity contribution in [3.05, 3.63) is 71.5 Å². The van der Waals surface area contributed by atoms with Crippen molar-refractivity contribution >= 4 is 17.7 Å². The van der Waals surface area contributed by atoms with Gasteiger partial charge in [0.05, 0.1) is 26.4 Å². The third kappa shape index (κ3) is 5.87. The summed E-state index contributed by atoms with van der Waals surface area (Å²) in [6.07, 6.45) is 1.49. The number of carbonyl (C=O) groups is 1. The van der Waals surface area contributed by atoms with Gasteiger partial charge >= 0.3 is 0 Å². The summed E-state index contributed by atoms with van der Waals surface area (Å²) in [5, 5.41) is 10.6. The highest BCUT2D eigenvalue weighted by Crippen LogP contribution is 2.24. The number of aromatic nitrogens is 3. The molecule has 2 N–H and O–H groups in total. The Morgan fingerprint density at radius 2 is 1.94 bits per heavy atom. The molecule has 1 aliphatic rings. The molecule has 4 rings (SSSR count). The van der Waals surface area contributed by atoms with Gasteiger partial charge in [0.1, 0.15) is 12.1 Å². The SMILES string of the molecule is COc1ccc(C(CNC(=O)c2ccc(CSc3ncn[nH]3)cc2)N2CCOCC2)cc1. The Morgan fingerprint density at radius 1 is 1.19 bits per heavy atom. The zero-order chi connectivity index (χ0) is 22.2. The van der Waals surface area contributed by atoms with E-state index in [2.05, 4.69) is 37.5 Å². The number of hydrogen-bond donors (Lipinski definition) is 2.